The van der Waals surface area contributed by atoms with E-state index in [1.54, 1.807) is 13.2 Å². The van der Waals surface area contributed by atoms with E-state index in [2.05, 4.69) is 15.2 Å². The van der Waals surface area contributed by atoms with Gasteiger partial charge < -0.3 is 29.7 Å². The van der Waals surface area contributed by atoms with Crippen LogP contribution in [0.2, 0.25) is 0 Å². The fourth-order valence-corrected chi connectivity index (χ4v) is 4.40. The van der Waals surface area contributed by atoms with Crippen molar-refractivity contribution in [2.75, 3.05) is 45.3 Å². The molecular formula is C26H40N4O6. The summed E-state index contributed by atoms with van der Waals surface area (Å²) < 4.78 is 11.2. The number of anilines is 1. The Balaban J connectivity index is 1.77. The summed E-state index contributed by atoms with van der Waals surface area (Å²) in [6.45, 7) is 6.63. The lowest BCUT2D eigenvalue weighted by Gasteiger charge is -2.30. The lowest BCUT2D eigenvalue weighted by atomic mass is 10.0. The van der Waals surface area contributed by atoms with Crippen molar-refractivity contribution in [3.63, 3.8) is 0 Å². The third-order valence-corrected chi connectivity index (χ3v) is 6.79. The quantitative estimate of drug-likeness (QED) is 0.387. The molecular weight excluding hydrogens is 464 g/mol. The van der Waals surface area contributed by atoms with Crippen molar-refractivity contribution < 1.29 is 29.0 Å². The molecule has 3 rings (SSSR count). The van der Waals surface area contributed by atoms with Gasteiger partial charge in [-0.3, -0.25) is 9.59 Å². The first-order chi connectivity index (χ1) is 17.2. The Morgan fingerprint density at radius 2 is 1.94 bits per heavy atom. The Kier molecular flexibility index (Phi) is 10.1. The van der Waals surface area contributed by atoms with Crippen LogP contribution in [-0.4, -0.2) is 91.4 Å². The third kappa shape index (κ3) is 7.89. The van der Waals surface area contributed by atoms with Crippen LogP contribution in [0.15, 0.2) is 18.3 Å². The molecule has 1 aromatic rings. The van der Waals surface area contributed by atoms with Gasteiger partial charge in [0, 0.05) is 32.8 Å². The van der Waals surface area contributed by atoms with E-state index in [0.717, 1.165) is 37.3 Å². The van der Waals surface area contributed by atoms with Crippen LogP contribution in [-0.2, 0) is 30.3 Å². The number of hydrogen-bond donors (Lipinski definition) is 2. The van der Waals surface area contributed by atoms with Gasteiger partial charge in [-0.05, 0) is 43.4 Å². The maximum Gasteiger partial charge on any atom is 0.326 e. The lowest BCUT2D eigenvalue weighted by Crippen LogP contribution is -2.50. The number of rotatable bonds is 13. The minimum Gasteiger partial charge on any atom is -0.480 e. The monoisotopic (exact) mass is 504 g/mol. The van der Waals surface area contributed by atoms with Gasteiger partial charge in [-0.1, -0.05) is 32.8 Å². The zero-order valence-electron chi connectivity index (χ0n) is 21.8. The van der Waals surface area contributed by atoms with Crippen LogP contribution in [0.3, 0.4) is 0 Å². The van der Waals surface area contributed by atoms with Gasteiger partial charge in [-0.2, -0.15) is 0 Å². The van der Waals surface area contributed by atoms with Crippen LogP contribution in [0.25, 0.3) is 0 Å². The Bertz CT molecular complexity index is 883. The number of carbonyl (C=O) groups is 3. The van der Waals surface area contributed by atoms with Crippen LogP contribution >= 0.6 is 0 Å². The molecule has 0 unspecified atom stereocenters. The van der Waals surface area contributed by atoms with Crippen molar-refractivity contribution in [3.8, 4) is 0 Å². The predicted molar refractivity (Wildman–Crippen MR) is 135 cm³/mol. The number of likely N-dealkylation sites (N-methyl/N-ethyl adjacent to an activating group) is 2. The van der Waals surface area contributed by atoms with E-state index < -0.39 is 36.0 Å². The molecule has 2 N–H and O–H groups in total. The molecule has 10 nitrogen and oxygen atoms in total. The smallest absolute Gasteiger partial charge is 0.326 e. The van der Waals surface area contributed by atoms with Gasteiger partial charge in [0.1, 0.15) is 17.9 Å². The molecule has 1 aliphatic heterocycles. The molecule has 36 heavy (non-hydrogen) atoms. The maximum absolute atomic E-state index is 13.5. The van der Waals surface area contributed by atoms with Crippen molar-refractivity contribution in [1.29, 1.82) is 0 Å². The van der Waals surface area contributed by atoms with Crippen molar-refractivity contribution >= 4 is 23.7 Å². The molecule has 0 aromatic carbocycles. The Hall–Kier alpha value is -2.72. The minimum atomic E-state index is -1.15. The van der Waals surface area contributed by atoms with Gasteiger partial charge in [-0.25, -0.2) is 9.78 Å². The number of nitrogens with one attached hydrogen (secondary N) is 1. The highest BCUT2D eigenvalue weighted by Gasteiger charge is 2.36. The average molecular weight is 505 g/mol. The summed E-state index contributed by atoms with van der Waals surface area (Å²) in [5.41, 5.74) is 0.727. The number of carbonyl (C=O) groups excluding carboxylic acids is 2. The highest BCUT2D eigenvalue weighted by molar-refractivity contribution is 5.88. The predicted octanol–water partition coefficient (Wildman–Crippen LogP) is 1.72. The van der Waals surface area contributed by atoms with Crippen LogP contribution in [0.4, 0.5) is 5.82 Å². The number of aliphatic carboxylic acids is 1. The maximum atomic E-state index is 13.5. The van der Waals surface area contributed by atoms with Crippen molar-refractivity contribution in [3.05, 3.63) is 23.9 Å². The largest absolute Gasteiger partial charge is 0.480 e. The summed E-state index contributed by atoms with van der Waals surface area (Å²) in [5, 5.41) is 12.7. The molecule has 1 aliphatic carbocycles. The van der Waals surface area contributed by atoms with Crippen LogP contribution in [0.5, 0.6) is 0 Å². The molecule has 0 bridgehead atoms. The average Bonchev–Trinajstić information content (AvgIpc) is 3.69. The number of ether oxygens (including phenoxy) is 2. The number of amides is 1. The van der Waals surface area contributed by atoms with E-state index >= 15 is 0 Å². The Labute approximate surface area is 213 Å². The zero-order chi connectivity index (χ0) is 26.2. The lowest BCUT2D eigenvalue weighted by molar-refractivity contribution is -0.164. The molecule has 1 amide bonds. The molecule has 0 radical (unpaired) electrons. The molecule has 1 saturated carbocycles. The number of carboxylic acid groups (broad SMARTS) is 1. The normalized spacial score (nSPS) is 18.4. The van der Waals surface area contributed by atoms with Crippen molar-refractivity contribution in [1.82, 2.24) is 15.2 Å². The second-order valence-electron chi connectivity index (χ2n) is 10.2. The van der Waals surface area contributed by atoms with E-state index in [-0.39, 0.29) is 12.3 Å². The molecule has 3 atom stereocenters. The summed E-state index contributed by atoms with van der Waals surface area (Å²) >= 11 is 0. The number of hydrogen-bond acceptors (Lipinski definition) is 8. The van der Waals surface area contributed by atoms with E-state index in [1.807, 2.05) is 26.0 Å². The highest BCUT2D eigenvalue weighted by atomic mass is 16.5. The van der Waals surface area contributed by atoms with Gasteiger partial charge in [0.15, 0.2) is 6.10 Å². The standard InChI is InChI=1S/C26H40N4O6/c1-17(2)13-21(25(32)33)29(4)24(31)22(36-26(34)20(27-3)14-18-5-6-18)15-19-7-8-23(28-16-19)30-9-11-35-12-10-30/h7-8,16-18,20-22,27H,5-6,9-15H2,1-4H3,(H,32,33)/t20-,21-,22+/m0/s1. The van der Waals surface area contributed by atoms with E-state index in [1.165, 1.54) is 11.9 Å². The molecule has 2 fully saturated rings. The van der Waals surface area contributed by atoms with Crippen molar-refractivity contribution in [2.24, 2.45) is 11.8 Å². The van der Waals surface area contributed by atoms with Crippen LogP contribution in [0, 0.1) is 11.8 Å². The molecule has 2 heterocycles. The molecule has 200 valence electrons. The molecule has 2 aliphatic rings. The zero-order valence-corrected chi connectivity index (χ0v) is 21.8. The molecule has 0 spiro atoms. The van der Waals surface area contributed by atoms with Gasteiger partial charge >= 0.3 is 11.9 Å². The van der Waals surface area contributed by atoms with Crippen LogP contribution < -0.4 is 10.2 Å². The number of pyridine rings is 1. The number of carboxylic acids is 1. The first kappa shape index (κ1) is 27.9. The topological polar surface area (TPSA) is 121 Å². The minimum absolute atomic E-state index is 0.0755. The number of esters is 1. The second kappa shape index (κ2) is 13.0. The number of morpholine rings is 1. The van der Waals surface area contributed by atoms with E-state index in [9.17, 15) is 19.5 Å². The Morgan fingerprint density at radius 3 is 2.47 bits per heavy atom. The first-order valence-corrected chi connectivity index (χ1v) is 12.8. The van der Waals surface area contributed by atoms with Gasteiger partial charge in [0.2, 0.25) is 0 Å². The third-order valence-electron chi connectivity index (χ3n) is 6.79. The first-order valence-electron chi connectivity index (χ1n) is 12.8. The summed E-state index contributed by atoms with van der Waals surface area (Å²) in [6.07, 6.45) is 3.78. The summed E-state index contributed by atoms with van der Waals surface area (Å²) in [7, 11) is 3.17. The molecule has 1 saturated heterocycles. The van der Waals surface area contributed by atoms with Crippen molar-refractivity contribution in [2.45, 2.75) is 64.1 Å². The summed E-state index contributed by atoms with van der Waals surface area (Å²) in [6, 6.07) is 2.24. The fourth-order valence-electron chi connectivity index (χ4n) is 4.40. The fraction of sp³-hybridized carbons (Fsp3) is 0.692. The van der Waals surface area contributed by atoms with Gasteiger partial charge in [0.05, 0.1) is 13.2 Å². The van der Waals surface area contributed by atoms with Gasteiger partial charge in [0.25, 0.3) is 5.91 Å². The van der Waals surface area contributed by atoms with E-state index in [0.29, 0.717) is 32.0 Å². The van der Waals surface area contributed by atoms with Gasteiger partial charge in [-0.15, -0.1) is 0 Å². The number of nitrogens with zero attached hydrogens (tertiary/aromatic N) is 3. The van der Waals surface area contributed by atoms with Crippen LogP contribution in [0.1, 0.15) is 45.1 Å². The molecule has 10 heteroatoms. The summed E-state index contributed by atoms with van der Waals surface area (Å²) in [5.74, 6) is -0.720. The van der Waals surface area contributed by atoms with E-state index in [4.69, 9.17) is 9.47 Å². The summed E-state index contributed by atoms with van der Waals surface area (Å²) in [4.78, 5) is 46.3. The number of aromatic nitrogens is 1. The second-order valence-corrected chi connectivity index (χ2v) is 10.2. The molecule has 1 aromatic heterocycles. The SMILES string of the molecule is CN[C@@H](CC1CC1)C(=O)O[C@H](Cc1ccc(N2CCOCC2)nc1)C(=O)N(C)[C@@H](CC(C)C)C(=O)O. The highest BCUT2D eigenvalue weighted by Crippen LogP contribution is 2.33. The Morgan fingerprint density at radius 1 is 1.25 bits per heavy atom.